The third kappa shape index (κ3) is 8.49. The van der Waals surface area contributed by atoms with E-state index >= 15 is 0 Å². The summed E-state index contributed by atoms with van der Waals surface area (Å²) < 4.78 is 51.2. The fourth-order valence-corrected chi connectivity index (χ4v) is 9.39. The SMILES string of the molecule is O=C(N[C@@H]([I-]c1ccccc1)[C@H](O)CN(CCN1CCOCC1)S(=O)(=O)c1ccc(Cl)c(O)c1)O[C@H]1CO[C@H]2OCC[C@H]21. The molecule has 3 N–H and O–H groups in total. The second-order valence-electron chi connectivity index (χ2n) is 10.4. The molecule has 5 atom stereocenters. The summed E-state index contributed by atoms with van der Waals surface area (Å²) in [4.78, 5) is 15.0. The maximum absolute atomic E-state index is 13.8. The number of aliphatic hydroxyl groups excluding tert-OH is 1. The van der Waals surface area contributed by atoms with E-state index in [4.69, 9.17) is 30.5 Å². The molecular weight excluding hydrogens is 717 g/mol. The second kappa shape index (κ2) is 15.0. The van der Waals surface area contributed by atoms with Crippen LogP contribution in [0, 0.1) is 9.49 Å². The molecular formula is C28H36ClIN3O9S-. The summed E-state index contributed by atoms with van der Waals surface area (Å²) in [6.45, 7) is 3.38. The van der Waals surface area contributed by atoms with E-state index in [0.29, 0.717) is 39.5 Å². The number of phenols is 1. The average molecular weight is 753 g/mol. The Balaban J connectivity index is 1.34. The van der Waals surface area contributed by atoms with E-state index in [2.05, 4.69) is 10.2 Å². The first kappa shape index (κ1) is 32.6. The van der Waals surface area contributed by atoms with E-state index in [9.17, 15) is 23.4 Å². The monoisotopic (exact) mass is 752 g/mol. The number of carbonyl (C=O) groups is 1. The van der Waals surface area contributed by atoms with Gasteiger partial charge >= 0.3 is 268 Å². The number of benzene rings is 2. The zero-order valence-corrected chi connectivity index (χ0v) is 27.1. The van der Waals surface area contributed by atoms with Gasteiger partial charge in [0.25, 0.3) is 0 Å². The first-order chi connectivity index (χ1) is 20.7. The zero-order valence-electron chi connectivity index (χ0n) is 23.4. The fraction of sp³-hybridized carbons (Fsp3) is 0.536. The first-order valence-corrected chi connectivity index (χ1v) is 18.2. The molecule has 12 nitrogen and oxygen atoms in total. The Labute approximate surface area is 266 Å². The van der Waals surface area contributed by atoms with Crippen molar-refractivity contribution in [3.05, 3.63) is 57.1 Å². The second-order valence-corrected chi connectivity index (χ2v) is 16.0. The number of amides is 1. The number of alkyl halides is 1. The van der Waals surface area contributed by atoms with Crippen molar-refractivity contribution >= 4 is 27.7 Å². The predicted octanol–water partition coefficient (Wildman–Crippen LogP) is -1.50. The molecule has 0 aromatic heterocycles. The first-order valence-electron chi connectivity index (χ1n) is 14.1. The zero-order chi connectivity index (χ0) is 30.4. The van der Waals surface area contributed by atoms with E-state index in [0.717, 1.165) is 16.1 Å². The van der Waals surface area contributed by atoms with E-state index < -0.39 is 53.6 Å². The van der Waals surface area contributed by atoms with Gasteiger partial charge in [-0.15, -0.1) is 0 Å². The molecule has 3 aliphatic heterocycles. The molecule has 0 bridgehead atoms. The van der Waals surface area contributed by atoms with Crippen molar-refractivity contribution in [2.45, 2.75) is 33.9 Å². The third-order valence-electron chi connectivity index (χ3n) is 7.53. The number of nitrogens with zero attached hydrogens (tertiary/aromatic N) is 2. The standard InChI is InChI=1S/C28H36ClIN3O9S/c29-22-7-6-20(16-23(22)34)43(37,38)33(10-9-32-11-14-39-15-12-32)17-24(35)26(30-19-4-2-1-3-5-19)31-28(36)42-25-18-41-27-21(25)8-13-40-27/h1-7,16,21,24-27,34-35H,8-15,17-18H2,(H,31,36)/q-1/t21-,24+,25-,26+,27+/m0/s1. The minimum absolute atomic E-state index is 0.0254. The van der Waals surface area contributed by atoms with Gasteiger partial charge in [0.05, 0.1) is 0 Å². The molecule has 3 aliphatic rings. The fourth-order valence-electron chi connectivity index (χ4n) is 5.14. The van der Waals surface area contributed by atoms with Crippen LogP contribution in [0.25, 0.3) is 0 Å². The van der Waals surface area contributed by atoms with Crippen LogP contribution in [0.5, 0.6) is 5.75 Å². The Morgan fingerprint density at radius 3 is 2.67 bits per heavy atom. The number of hydrogen-bond acceptors (Lipinski definition) is 10. The average Bonchev–Trinajstić information content (AvgIpc) is 3.62. The van der Waals surface area contributed by atoms with Gasteiger partial charge < -0.3 is 0 Å². The van der Waals surface area contributed by atoms with Gasteiger partial charge in [-0.25, -0.2) is 0 Å². The molecule has 238 valence electrons. The molecule has 15 heteroatoms. The minimum atomic E-state index is -4.16. The van der Waals surface area contributed by atoms with Gasteiger partial charge in [-0.2, -0.15) is 0 Å². The van der Waals surface area contributed by atoms with Crippen LogP contribution in [-0.4, -0.2) is 116 Å². The van der Waals surface area contributed by atoms with Gasteiger partial charge in [0.1, 0.15) is 0 Å². The van der Waals surface area contributed by atoms with Gasteiger partial charge in [0, 0.05) is 0 Å². The van der Waals surface area contributed by atoms with Gasteiger partial charge in [-0.3, -0.25) is 0 Å². The van der Waals surface area contributed by atoms with Gasteiger partial charge in [0.2, 0.25) is 0 Å². The molecule has 1 amide bonds. The number of ether oxygens (including phenoxy) is 4. The van der Waals surface area contributed by atoms with E-state index in [-0.39, 0.29) is 47.6 Å². The quantitative estimate of drug-likeness (QED) is 0.133. The molecule has 0 spiro atoms. The van der Waals surface area contributed by atoms with Gasteiger partial charge in [-0.1, -0.05) is 0 Å². The number of phenolic OH excluding ortho intramolecular Hbond substituents is 1. The maximum atomic E-state index is 13.8. The van der Waals surface area contributed by atoms with Crippen LogP contribution in [0.1, 0.15) is 6.42 Å². The summed E-state index contributed by atoms with van der Waals surface area (Å²) in [6.07, 6.45) is -2.09. The molecule has 3 fully saturated rings. The van der Waals surface area contributed by atoms with E-state index in [1.807, 2.05) is 30.3 Å². The number of carbonyl (C=O) groups excluding carboxylic acids is 1. The van der Waals surface area contributed by atoms with Crippen molar-refractivity contribution in [1.29, 1.82) is 0 Å². The molecule has 0 saturated carbocycles. The number of alkyl carbamates (subject to hydrolysis) is 1. The van der Waals surface area contributed by atoms with Crippen molar-refractivity contribution in [2.24, 2.45) is 5.92 Å². The van der Waals surface area contributed by atoms with Crippen LogP contribution >= 0.6 is 11.6 Å². The number of rotatable bonds is 12. The number of hydrogen-bond donors (Lipinski definition) is 3. The van der Waals surface area contributed by atoms with Gasteiger partial charge in [0.15, 0.2) is 0 Å². The molecule has 3 heterocycles. The molecule has 43 heavy (non-hydrogen) atoms. The molecule has 3 saturated heterocycles. The molecule has 5 rings (SSSR count). The van der Waals surface area contributed by atoms with Crippen LogP contribution in [0.2, 0.25) is 5.02 Å². The number of aromatic hydroxyl groups is 1. The summed E-state index contributed by atoms with van der Waals surface area (Å²) in [5, 5.41) is 24.5. The Bertz CT molecular complexity index is 1340. The predicted molar refractivity (Wildman–Crippen MR) is 151 cm³/mol. The Morgan fingerprint density at radius 2 is 1.93 bits per heavy atom. The number of fused-ring (bicyclic) bond motifs is 1. The number of halogens is 2. The Hall–Kier alpha value is -1.76. The summed E-state index contributed by atoms with van der Waals surface area (Å²) >= 11 is 4.91. The van der Waals surface area contributed by atoms with Gasteiger partial charge in [-0.05, 0) is 0 Å². The van der Waals surface area contributed by atoms with Crippen LogP contribution in [0.4, 0.5) is 4.79 Å². The van der Waals surface area contributed by atoms with Crippen LogP contribution in [-0.2, 0) is 29.0 Å². The third-order valence-corrected chi connectivity index (χ3v) is 13.0. The number of morpholine rings is 1. The van der Waals surface area contributed by atoms with Crippen molar-refractivity contribution in [3.8, 4) is 5.75 Å². The Morgan fingerprint density at radius 1 is 1.16 bits per heavy atom. The summed E-state index contributed by atoms with van der Waals surface area (Å²) in [5.74, 6) is -0.408. The van der Waals surface area contributed by atoms with E-state index in [1.54, 1.807) is 0 Å². The van der Waals surface area contributed by atoms with Crippen LogP contribution < -0.4 is 26.5 Å². The topological polar surface area (TPSA) is 147 Å². The molecule has 0 radical (unpaired) electrons. The number of aliphatic hydroxyl groups is 1. The summed E-state index contributed by atoms with van der Waals surface area (Å²) in [6, 6.07) is 13.2. The Kier molecular flexibility index (Phi) is 11.4. The normalized spacial score (nSPS) is 24.1. The molecule has 2 aromatic carbocycles. The number of sulfonamides is 1. The van der Waals surface area contributed by atoms with Crippen molar-refractivity contribution < 1.29 is 63.6 Å². The summed E-state index contributed by atoms with van der Waals surface area (Å²) in [7, 11) is -4.16. The molecule has 0 unspecified atom stereocenters. The van der Waals surface area contributed by atoms with Crippen LogP contribution in [0.15, 0.2) is 53.4 Å². The van der Waals surface area contributed by atoms with Crippen molar-refractivity contribution in [3.63, 3.8) is 0 Å². The number of nitrogens with one attached hydrogen (secondary N) is 1. The van der Waals surface area contributed by atoms with Crippen molar-refractivity contribution in [1.82, 2.24) is 14.5 Å². The molecule has 0 aliphatic carbocycles. The molecule has 2 aromatic rings. The van der Waals surface area contributed by atoms with Crippen molar-refractivity contribution in [2.75, 3.05) is 59.2 Å². The van der Waals surface area contributed by atoms with Crippen LogP contribution in [0.3, 0.4) is 0 Å². The van der Waals surface area contributed by atoms with E-state index in [1.165, 1.54) is 16.4 Å². The summed E-state index contributed by atoms with van der Waals surface area (Å²) in [5.41, 5.74) is 0.